The SMILES string of the molecule is CCOc1cc(CC(C)N)cc(Br)c1OCC1CCOC1. The molecule has 1 saturated heterocycles. The standard InChI is InChI=1S/C16H24BrNO3/c1-3-20-15-8-13(6-11(2)18)7-14(17)16(15)21-10-12-4-5-19-9-12/h7-8,11-12H,3-6,9-10,18H2,1-2H3. The van der Waals surface area contributed by atoms with Crippen molar-refractivity contribution in [3.8, 4) is 11.5 Å². The van der Waals surface area contributed by atoms with Crippen LogP contribution in [0.1, 0.15) is 25.8 Å². The lowest BCUT2D eigenvalue weighted by molar-refractivity contribution is 0.164. The fraction of sp³-hybridized carbons (Fsp3) is 0.625. The van der Waals surface area contributed by atoms with E-state index in [0.717, 1.165) is 47.6 Å². The predicted molar refractivity (Wildman–Crippen MR) is 87.1 cm³/mol. The summed E-state index contributed by atoms with van der Waals surface area (Å²) in [5.41, 5.74) is 7.03. The summed E-state index contributed by atoms with van der Waals surface area (Å²) in [5.74, 6) is 2.02. The third-order valence-electron chi connectivity index (χ3n) is 3.41. The molecule has 2 unspecified atom stereocenters. The summed E-state index contributed by atoms with van der Waals surface area (Å²) in [4.78, 5) is 0. The van der Waals surface area contributed by atoms with E-state index in [1.165, 1.54) is 0 Å². The second-order valence-corrected chi connectivity index (χ2v) is 6.41. The van der Waals surface area contributed by atoms with Gasteiger partial charge >= 0.3 is 0 Å². The number of hydrogen-bond acceptors (Lipinski definition) is 4. The maximum atomic E-state index is 5.98. The van der Waals surface area contributed by atoms with E-state index in [1.807, 2.05) is 19.9 Å². The van der Waals surface area contributed by atoms with Crippen molar-refractivity contribution in [2.75, 3.05) is 26.4 Å². The van der Waals surface area contributed by atoms with Crippen LogP contribution in [0.3, 0.4) is 0 Å². The number of halogens is 1. The average molecular weight is 358 g/mol. The fourth-order valence-electron chi connectivity index (χ4n) is 2.43. The van der Waals surface area contributed by atoms with Gasteiger partial charge in [0, 0.05) is 18.6 Å². The lowest BCUT2D eigenvalue weighted by Gasteiger charge is -2.17. The first-order valence-corrected chi connectivity index (χ1v) is 8.30. The molecule has 0 aliphatic carbocycles. The van der Waals surface area contributed by atoms with Crippen LogP contribution < -0.4 is 15.2 Å². The van der Waals surface area contributed by atoms with Gasteiger partial charge in [-0.2, -0.15) is 0 Å². The van der Waals surface area contributed by atoms with Crippen LogP contribution in [0.2, 0.25) is 0 Å². The molecule has 2 rings (SSSR count). The summed E-state index contributed by atoms with van der Waals surface area (Å²) >= 11 is 3.59. The normalized spacial score (nSPS) is 19.5. The van der Waals surface area contributed by atoms with Gasteiger partial charge in [-0.1, -0.05) is 0 Å². The van der Waals surface area contributed by atoms with Gasteiger partial charge in [-0.05, 0) is 60.3 Å². The molecule has 1 aromatic carbocycles. The van der Waals surface area contributed by atoms with Gasteiger partial charge < -0.3 is 19.9 Å². The van der Waals surface area contributed by atoms with Crippen molar-refractivity contribution in [1.29, 1.82) is 0 Å². The highest BCUT2D eigenvalue weighted by Crippen LogP contribution is 2.37. The Bertz CT molecular complexity index is 459. The number of rotatable bonds is 7. The molecule has 1 fully saturated rings. The Hall–Kier alpha value is -0.780. The summed E-state index contributed by atoms with van der Waals surface area (Å²) in [6, 6.07) is 4.21. The van der Waals surface area contributed by atoms with Crippen molar-refractivity contribution in [2.24, 2.45) is 11.7 Å². The van der Waals surface area contributed by atoms with Gasteiger partial charge in [0.15, 0.2) is 11.5 Å². The van der Waals surface area contributed by atoms with Crippen LogP contribution >= 0.6 is 15.9 Å². The van der Waals surface area contributed by atoms with Crippen molar-refractivity contribution in [2.45, 2.75) is 32.7 Å². The Labute approximate surface area is 135 Å². The molecule has 1 heterocycles. The van der Waals surface area contributed by atoms with E-state index in [9.17, 15) is 0 Å². The van der Waals surface area contributed by atoms with Crippen molar-refractivity contribution in [1.82, 2.24) is 0 Å². The van der Waals surface area contributed by atoms with Crippen molar-refractivity contribution >= 4 is 15.9 Å². The van der Waals surface area contributed by atoms with Crippen LogP contribution in [0.25, 0.3) is 0 Å². The molecule has 0 saturated carbocycles. The Morgan fingerprint density at radius 3 is 2.86 bits per heavy atom. The van der Waals surface area contributed by atoms with E-state index in [2.05, 4.69) is 22.0 Å². The highest BCUT2D eigenvalue weighted by atomic mass is 79.9. The first-order chi connectivity index (χ1) is 10.1. The molecular weight excluding hydrogens is 334 g/mol. The van der Waals surface area contributed by atoms with Gasteiger partial charge in [0.2, 0.25) is 0 Å². The van der Waals surface area contributed by atoms with E-state index < -0.39 is 0 Å². The monoisotopic (exact) mass is 357 g/mol. The molecule has 118 valence electrons. The molecule has 5 heteroatoms. The summed E-state index contributed by atoms with van der Waals surface area (Å²) in [6.45, 7) is 6.85. The topological polar surface area (TPSA) is 53.7 Å². The van der Waals surface area contributed by atoms with Crippen LogP contribution in [0, 0.1) is 5.92 Å². The second-order valence-electron chi connectivity index (χ2n) is 5.56. The van der Waals surface area contributed by atoms with Crippen molar-refractivity contribution in [3.05, 3.63) is 22.2 Å². The number of ether oxygens (including phenoxy) is 3. The molecule has 0 amide bonds. The molecular formula is C16H24BrNO3. The maximum Gasteiger partial charge on any atom is 0.175 e. The van der Waals surface area contributed by atoms with Gasteiger partial charge in [-0.25, -0.2) is 0 Å². The predicted octanol–water partition coefficient (Wildman–Crippen LogP) is 3.15. The van der Waals surface area contributed by atoms with Crippen molar-refractivity contribution in [3.63, 3.8) is 0 Å². The van der Waals surface area contributed by atoms with E-state index in [0.29, 0.717) is 19.1 Å². The zero-order valence-corrected chi connectivity index (χ0v) is 14.3. The molecule has 2 N–H and O–H groups in total. The van der Waals surface area contributed by atoms with Gasteiger partial charge in [0.1, 0.15) is 0 Å². The van der Waals surface area contributed by atoms with Crippen LogP contribution in [0.4, 0.5) is 0 Å². The van der Waals surface area contributed by atoms with Gasteiger partial charge in [-0.3, -0.25) is 0 Å². The summed E-state index contributed by atoms with van der Waals surface area (Å²) < 4.78 is 18.0. The Morgan fingerprint density at radius 2 is 2.24 bits per heavy atom. The molecule has 0 radical (unpaired) electrons. The third kappa shape index (κ3) is 4.87. The Morgan fingerprint density at radius 1 is 1.43 bits per heavy atom. The van der Waals surface area contributed by atoms with Crippen molar-refractivity contribution < 1.29 is 14.2 Å². The highest BCUT2D eigenvalue weighted by Gasteiger charge is 2.19. The molecule has 0 bridgehead atoms. The molecule has 1 aromatic rings. The van der Waals surface area contributed by atoms with Crippen LogP contribution in [0.15, 0.2) is 16.6 Å². The first kappa shape index (κ1) is 16.6. The second kappa shape index (κ2) is 8.01. The molecule has 21 heavy (non-hydrogen) atoms. The number of hydrogen-bond donors (Lipinski definition) is 1. The molecule has 0 aromatic heterocycles. The zero-order valence-electron chi connectivity index (χ0n) is 12.7. The van der Waals surface area contributed by atoms with Crippen LogP contribution in [-0.2, 0) is 11.2 Å². The minimum Gasteiger partial charge on any atom is -0.490 e. The van der Waals surface area contributed by atoms with E-state index in [-0.39, 0.29) is 6.04 Å². The van der Waals surface area contributed by atoms with Gasteiger partial charge in [0.05, 0.1) is 24.3 Å². The minimum absolute atomic E-state index is 0.119. The summed E-state index contributed by atoms with van der Waals surface area (Å²) in [6.07, 6.45) is 1.87. The largest absolute Gasteiger partial charge is 0.490 e. The lowest BCUT2D eigenvalue weighted by atomic mass is 10.1. The quantitative estimate of drug-likeness (QED) is 0.814. The Kier molecular flexibility index (Phi) is 6.33. The number of nitrogens with two attached hydrogens (primary N) is 1. The highest BCUT2D eigenvalue weighted by molar-refractivity contribution is 9.10. The molecule has 1 aliphatic rings. The summed E-state index contributed by atoms with van der Waals surface area (Å²) in [7, 11) is 0. The zero-order chi connectivity index (χ0) is 15.2. The first-order valence-electron chi connectivity index (χ1n) is 7.51. The van der Waals surface area contributed by atoms with Crippen LogP contribution in [-0.4, -0.2) is 32.5 Å². The smallest absolute Gasteiger partial charge is 0.175 e. The molecule has 4 nitrogen and oxygen atoms in total. The summed E-state index contributed by atoms with van der Waals surface area (Å²) in [5, 5.41) is 0. The van der Waals surface area contributed by atoms with Gasteiger partial charge in [0.25, 0.3) is 0 Å². The molecule has 0 spiro atoms. The number of benzene rings is 1. The van der Waals surface area contributed by atoms with Crippen LogP contribution in [0.5, 0.6) is 11.5 Å². The van der Waals surface area contributed by atoms with E-state index in [4.69, 9.17) is 19.9 Å². The third-order valence-corrected chi connectivity index (χ3v) is 4.00. The lowest BCUT2D eigenvalue weighted by Crippen LogP contribution is -2.18. The van der Waals surface area contributed by atoms with Gasteiger partial charge in [-0.15, -0.1) is 0 Å². The van der Waals surface area contributed by atoms with E-state index >= 15 is 0 Å². The van der Waals surface area contributed by atoms with E-state index in [1.54, 1.807) is 0 Å². The maximum absolute atomic E-state index is 5.98. The Balaban J connectivity index is 2.13. The minimum atomic E-state index is 0.119. The molecule has 2 atom stereocenters. The fourth-order valence-corrected chi connectivity index (χ4v) is 3.03. The molecule has 1 aliphatic heterocycles. The average Bonchev–Trinajstić information content (AvgIpc) is 2.90.